The van der Waals surface area contributed by atoms with Gasteiger partial charge in [0.15, 0.2) is 0 Å². The van der Waals surface area contributed by atoms with Crippen LogP contribution in [-0.4, -0.2) is 55.3 Å². The summed E-state index contributed by atoms with van der Waals surface area (Å²) in [5.74, 6) is 0.000871. The van der Waals surface area contributed by atoms with Gasteiger partial charge in [-0.1, -0.05) is 30.3 Å². The predicted octanol–water partition coefficient (Wildman–Crippen LogP) is 1.27. The monoisotopic (exact) mass is 305 g/mol. The summed E-state index contributed by atoms with van der Waals surface area (Å²) in [7, 11) is 1.77. The van der Waals surface area contributed by atoms with Crippen LogP contribution in [0.5, 0.6) is 0 Å². The third-order valence-corrected chi connectivity index (χ3v) is 3.66. The van der Waals surface area contributed by atoms with Gasteiger partial charge in [0.25, 0.3) is 0 Å². The zero-order chi connectivity index (χ0) is 16.2. The van der Waals surface area contributed by atoms with Gasteiger partial charge >= 0.3 is 0 Å². The van der Waals surface area contributed by atoms with Gasteiger partial charge in [-0.05, 0) is 31.2 Å². The van der Waals surface area contributed by atoms with Crippen LogP contribution in [0.3, 0.4) is 0 Å². The highest BCUT2D eigenvalue weighted by Gasteiger charge is 2.11. The quantitative estimate of drug-likeness (QED) is 0.494. The lowest BCUT2D eigenvalue weighted by atomic mass is 10.1. The maximum absolute atomic E-state index is 11.9. The van der Waals surface area contributed by atoms with E-state index in [2.05, 4.69) is 12.1 Å². The first-order chi connectivity index (χ1) is 10.7. The zero-order valence-electron chi connectivity index (χ0n) is 13.4. The molecule has 0 aliphatic heterocycles. The fourth-order valence-electron chi connectivity index (χ4n) is 2.29. The highest BCUT2D eigenvalue weighted by atomic mass is 16.2. The number of carbonyl (C=O) groups is 2. The zero-order valence-corrected chi connectivity index (χ0v) is 13.4. The molecule has 0 heterocycles. The molecule has 0 spiro atoms. The van der Waals surface area contributed by atoms with E-state index in [1.807, 2.05) is 23.1 Å². The summed E-state index contributed by atoms with van der Waals surface area (Å²) in [4.78, 5) is 25.9. The number of hydrogen-bond acceptors (Lipinski definition) is 3. The molecule has 1 aromatic carbocycles. The lowest BCUT2D eigenvalue weighted by Gasteiger charge is -2.22. The lowest BCUT2D eigenvalue weighted by molar-refractivity contribution is -0.129. The van der Waals surface area contributed by atoms with Crippen LogP contribution in [0.4, 0.5) is 0 Å². The minimum Gasteiger partial charge on any atom is -0.348 e. The summed E-state index contributed by atoms with van der Waals surface area (Å²) in [6.07, 6.45) is 4.58. The van der Waals surface area contributed by atoms with Crippen molar-refractivity contribution in [2.75, 3.05) is 33.2 Å². The molecule has 0 radical (unpaired) electrons. The number of unbranched alkanes of at least 4 members (excludes halogenated alkanes) is 2. The van der Waals surface area contributed by atoms with Gasteiger partial charge < -0.3 is 15.5 Å². The van der Waals surface area contributed by atoms with E-state index in [1.54, 1.807) is 11.9 Å². The third kappa shape index (κ3) is 7.22. The first kappa shape index (κ1) is 18.2. The SMILES string of the molecule is CN(C=O)CCCCCN(CCc1ccccc1)C(=O)CN. The van der Waals surface area contributed by atoms with Gasteiger partial charge in [-0.15, -0.1) is 0 Å². The van der Waals surface area contributed by atoms with Gasteiger partial charge in [-0.3, -0.25) is 9.59 Å². The summed E-state index contributed by atoms with van der Waals surface area (Å²) in [6.45, 7) is 2.25. The van der Waals surface area contributed by atoms with Crippen LogP contribution in [0.2, 0.25) is 0 Å². The van der Waals surface area contributed by atoms with Crippen molar-refractivity contribution in [3.05, 3.63) is 35.9 Å². The van der Waals surface area contributed by atoms with Crippen molar-refractivity contribution in [3.63, 3.8) is 0 Å². The molecule has 0 saturated heterocycles. The van der Waals surface area contributed by atoms with Crippen LogP contribution in [0.1, 0.15) is 24.8 Å². The molecule has 1 rings (SSSR count). The Labute approximate surface area is 133 Å². The molecule has 1 aromatic rings. The highest BCUT2D eigenvalue weighted by molar-refractivity contribution is 5.78. The molecule has 2 N–H and O–H groups in total. The molecule has 0 saturated carbocycles. The van der Waals surface area contributed by atoms with Crippen molar-refractivity contribution in [1.82, 2.24) is 9.80 Å². The minimum absolute atomic E-state index is 0.000871. The average molecular weight is 305 g/mol. The Balaban J connectivity index is 2.31. The number of carbonyl (C=O) groups excluding carboxylic acids is 2. The van der Waals surface area contributed by atoms with Gasteiger partial charge in [-0.2, -0.15) is 0 Å². The largest absolute Gasteiger partial charge is 0.348 e. The minimum atomic E-state index is 0.000871. The first-order valence-corrected chi connectivity index (χ1v) is 7.84. The Kier molecular flexibility index (Phi) is 8.91. The van der Waals surface area contributed by atoms with E-state index in [0.717, 1.165) is 45.2 Å². The number of benzene rings is 1. The van der Waals surface area contributed by atoms with Gasteiger partial charge in [0, 0.05) is 26.7 Å². The molecule has 122 valence electrons. The second-order valence-corrected chi connectivity index (χ2v) is 5.47. The van der Waals surface area contributed by atoms with Crippen molar-refractivity contribution in [2.24, 2.45) is 5.73 Å². The first-order valence-electron chi connectivity index (χ1n) is 7.84. The number of hydrogen-bond donors (Lipinski definition) is 1. The maximum Gasteiger partial charge on any atom is 0.236 e. The van der Waals surface area contributed by atoms with Crippen LogP contribution in [-0.2, 0) is 16.0 Å². The van der Waals surface area contributed by atoms with E-state index in [-0.39, 0.29) is 12.5 Å². The van der Waals surface area contributed by atoms with Crippen molar-refractivity contribution in [1.29, 1.82) is 0 Å². The summed E-state index contributed by atoms with van der Waals surface area (Å²) >= 11 is 0. The number of rotatable bonds is 11. The molecule has 0 bridgehead atoms. The second-order valence-electron chi connectivity index (χ2n) is 5.47. The fourth-order valence-corrected chi connectivity index (χ4v) is 2.29. The molecule has 0 unspecified atom stereocenters. The summed E-state index contributed by atoms with van der Waals surface area (Å²) < 4.78 is 0. The standard InChI is InChI=1S/C17H27N3O2/c1-19(15-21)11-6-3-7-12-20(17(22)14-18)13-10-16-8-4-2-5-9-16/h2,4-5,8-9,15H,3,6-7,10-14,18H2,1H3. The summed E-state index contributed by atoms with van der Waals surface area (Å²) in [5, 5.41) is 0. The number of nitrogens with zero attached hydrogens (tertiary/aromatic N) is 2. The molecular formula is C17H27N3O2. The molecule has 0 aliphatic rings. The topological polar surface area (TPSA) is 66.6 Å². The van der Waals surface area contributed by atoms with Crippen LogP contribution in [0.15, 0.2) is 30.3 Å². The molecule has 0 atom stereocenters. The van der Waals surface area contributed by atoms with E-state index in [9.17, 15) is 9.59 Å². The Hall–Kier alpha value is -1.88. The summed E-state index contributed by atoms with van der Waals surface area (Å²) in [6, 6.07) is 10.1. The van der Waals surface area contributed by atoms with Crippen LogP contribution < -0.4 is 5.73 Å². The van der Waals surface area contributed by atoms with Crippen LogP contribution in [0, 0.1) is 0 Å². The van der Waals surface area contributed by atoms with Gasteiger partial charge in [-0.25, -0.2) is 0 Å². The Morgan fingerprint density at radius 3 is 2.41 bits per heavy atom. The van der Waals surface area contributed by atoms with Crippen molar-refractivity contribution < 1.29 is 9.59 Å². The lowest BCUT2D eigenvalue weighted by Crippen LogP contribution is -2.38. The fraction of sp³-hybridized carbons (Fsp3) is 0.529. The molecule has 5 nitrogen and oxygen atoms in total. The molecular weight excluding hydrogens is 278 g/mol. The Morgan fingerprint density at radius 1 is 1.09 bits per heavy atom. The third-order valence-electron chi connectivity index (χ3n) is 3.66. The van der Waals surface area contributed by atoms with Gasteiger partial charge in [0.1, 0.15) is 0 Å². The molecule has 5 heteroatoms. The van der Waals surface area contributed by atoms with Gasteiger partial charge in [0.2, 0.25) is 12.3 Å². The molecule has 22 heavy (non-hydrogen) atoms. The van der Waals surface area contributed by atoms with Crippen molar-refractivity contribution in [2.45, 2.75) is 25.7 Å². The Bertz CT molecular complexity index is 437. The van der Waals surface area contributed by atoms with Crippen LogP contribution in [0.25, 0.3) is 0 Å². The predicted molar refractivity (Wildman–Crippen MR) is 88.3 cm³/mol. The second kappa shape index (κ2) is 10.8. The highest BCUT2D eigenvalue weighted by Crippen LogP contribution is 2.04. The molecule has 0 fully saturated rings. The number of nitrogens with two attached hydrogens (primary N) is 1. The van der Waals surface area contributed by atoms with Crippen molar-refractivity contribution >= 4 is 12.3 Å². The van der Waals surface area contributed by atoms with E-state index < -0.39 is 0 Å². The normalized spacial score (nSPS) is 10.3. The average Bonchev–Trinajstić information content (AvgIpc) is 2.57. The molecule has 2 amide bonds. The molecule has 0 aromatic heterocycles. The number of amides is 2. The smallest absolute Gasteiger partial charge is 0.236 e. The van der Waals surface area contributed by atoms with E-state index in [1.165, 1.54) is 5.56 Å². The van der Waals surface area contributed by atoms with Gasteiger partial charge in [0.05, 0.1) is 6.54 Å². The van der Waals surface area contributed by atoms with E-state index in [4.69, 9.17) is 5.73 Å². The molecule has 0 aliphatic carbocycles. The van der Waals surface area contributed by atoms with Crippen LogP contribution >= 0.6 is 0 Å². The maximum atomic E-state index is 11.9. The van der Waals surface area contributed by atoms with E-state index in [0.29, 0.717) is 6.54 Å². The van der Waals surface area contributed by atoms with E-state index >= 15 is 0 Å². The Morgan fingerprint density at radius 2 is 1.77 bits per heavy atom. The van der Waals surface area contributed by atoms with Crippen molar-refractivity contribution in [3.8, 4) is 0 Å². The summed E-state index contributed by atoms with van der Waals surface area (Å²) in [5.41, 5.74) is 6.72.